The van der Waals surface area contributed by atoms with Gasteiger partial charge in [-0.3, -0.25) is 4.68 Å². The Bertz CT molecular complexity index is 847. The fourth-order valence-corrected chi connectivity index (χ4v) is 3.55. The number of rotatable bonds is 5. The minimum Gasteiger partial charge on any atom is -0.384 e. The molecule has 1 saturated heterocycles. The maximum atomic E-state index is 5.77. The summed E-state index contributed by atoms with van der Waals surface area (Å²) in [5.74, 6) is 3.84. The van der Waals surface area contributed by atoms with Gasteiger partial charge in [-0.15, -0.1) is 10.2 Å². The second-order valence-electron chi connectivity index (χ2n) is 6.48. The van der Waals surface area contributed by atoms with Gasteiger partial charge in [0.2, 0.25) is 0 Å². The van der Waals surface area contributed by atoms with E-state index < -0.39 is 0 Å². The number of anilines is 2. The normalized spacial score (nSPS) is 15.5. The third-order valence-corrected chi connectivity index (χ3v) is 4.89. The Labute approximate surface area is 151 Å². The minimum atomic E-state index is 0.407. The lowest BCUT2D eigenvalue weighted by Crippen LogP contribution is -2.34. The smallest absolute Gasteiger partial charge is 0.154 e. The first kappa shape index (κ1) is 16.5. The number of hydrogen-bond acceptors (Lipinski definition) is 7. The molecular weight excluding hydrogens is 330 g/mol. The van der Waals surface area contributed by atoms with Gasteiger partial charge in [0, 0.05) is 44.0 Å². The predicted molar refractivity (Wildman–Crippen MR) is 97.7 cm³/mol. The molecule has 0 unspecified atom stereocenters. The average molecular weight is 353 g/mol. The van der Waals surface area contributed by atoms with E-state index in [2.05, 4.69) is 41.7 Å². The molecule has 0 bridgehead atoms. The summed E-state index contributed by atoms with van der Waals surface area (Å²) in [6.45, 7) is 5.49. The summed E-state index contributed by atoms with van der Waals surface area (Å²) in [4.78, 5) is 10.6. The zero-order valence-corrected chi connectivity index (χ0v) is 14.9. The first-order chi connectivity index (χ1) is 12.7. The largest absolute Gasteiger partial charge is 0.384 e. The van der Waals surface area contributed by atoms with Crippen LogP contribution in [0.15, 0.2) is 30.9 Å². The zero-order chi connectivity index (χ0) is 17.9. The van der Waals surface area contributed by atoms with Crippen LogP contribution < -0.4 is 10.6 Å². The number of aromatic nitrogens is 7. The van der Waals surface area contributed by atoms with E-state index in [0.29, 0.717) is 18.3 Å². The van der Waals surface area contributed by atoms with Gasteiger partial charge >= 0.3 is 0 Å². The van der Waals surface area contributed by atoms with E-state index in [4.69, 9.17) is 5.73 Å². The summed E-state index contributed by atoms with van der Waals surface area (Å²) in [6.07, 6.45) is 7.28. The lowest BCUT2D eigenvalue weighted by atomic mass is 9.96. The molecule has 0 aromatic carbocycles. The molecule has 0 spiro atoms. The van der Waals surface area contributed by atoms with Crippen LogP contribution in [-0.2, 0) is 13.1 Å². The summed E-state index contributed by atoms with van der Waals surface area (Å²) in [7, 11) is 0. The second kappa shape index (κ2) is 7.11. The van der Waals surface area contributed by atoms with Crippen LogP contribution in [0.4, 0.5) is 11.6 Å². The number of nitrogens with zero attached hydrogens (tertiary/aromatic N) is 8. The van der Waals surface area contributed by atoms with Crippen LogP contribution >= 0.6 is 0 Å². The first-order valence-electron chi connectivity index (χ1n) is 8.96. The quantitative estimate of drug-likeness (QED) is 0.737. The fraction of sp³-hybridized carbons (Fsp3) is 0.471. The number of nitrogens with two attached hydrogens (primary N) is 1. The van der Waals surface area contributed by atoms with Crippen molar-refractivity contribution in [3.05, 3.63) is 42.5 Å². The predicted octanol–water partition coefficient (Wildman–Crippen LogP) is 1.30. The summed E-state index contributed by atoms with van der Waals surface area (Å²) < 4.78 is 4.10. The van der Waals surface area contributed by atoms with Crippen LogP contribution in [0.25, 0.3) is 0 Å². The molecule has 4 heterocycles. The summed E-state index contributed by atoms with van der Waals surface area (Å²) in [5.41, 5.74) is 5.77. The molecule has 1 aliphatic rings. The van der Waals surface area contributed by atoms with Gasteiger partial charge in [0.05, 0.1) is 0 Å². The maximum absolute atomic E-state index is 5.77. The molecule has 9 heteroatoms. The van der Waals surface area contributed by atoms with Crippen molar-refractivity contribution in [2.45, 2.75) is 38.8 Å². The Balaban J connectivity index is 1.46. The van der Waals surface area contributed by atoms with Gasteiger partial charge in [-0.05, 0) is 25.8 Å². The summed E-state index contributed by atoms with van der Waals surface area (Å²) in [5, 5.41) is 13.2. The van der Waals surface area contributed by atoms with Crippen molar-refractivity contribution in [2.24, 2.45) is 0 Å². The van der Waals surface area contributed by atoms with Gasteiger partial charge < -0.3 is 15.2 Å². The van der Waals surface area contributed by atoms with E-state index in [1.807, 2.05) is 23.0 Å². The van der Waals surface area contributed by atoms with E-state index in [1.54, 1.807) is 6.20 Å². The van der Waals surface area contributed by atoms with Crippen LogP contribution in [0.1, 0.15) is 37.3 Å². The standard InChI is InChI=1S/C17H23N9/c1-2-26-16(11-25-7-3-6-21-25)22-23-17(26)13-4-8-24(9-5-13)15-10-14(18)19-12-20-15/h3,6-7,10,12-13H,2,4-5,8-9,11H2,1H3,(H2,18,19,20). The molecule has 26 heavy (non-hydrogen) atoms. The van der Waals surface area contributed by atoms with Crippen LogP contribution in [0.3, 0.4) is 0 Å². The van der Waals surface area contributed by atoms with E-state index in [9.17, 15) is 0 Å². The molecule has 0 atom stereocenters. The van der Waals surface area contributed by atoms with E-state index in [1.165, 1.54) is 6.33 Å². The molecule has 136 valence electrons. The van der Waals surface area contributed by atoms with E-state index in [0.717, 1.165) is 49.9 Å². The molecule has 0 radical (unpaired) electrons. The third kappa shape index (κ3) is 3.24. The van der Waals surface area contributed by atoms with Crippen LogP contribution in [0.2, 0.25) is 0 Å². The molecule has 2 N–H and O–H groups in total. The topological polar surface area (TPSA) is 104 Å². The van der Waals surface area contributed by atoms with Crippen molar-refractivity contribution < 1.29 is 0 Å². The van der Waals surface area contributed by atoms with Crippen molar-refractivity contribution in [2.75, 3.05) is 23.7 Å². The maximum Gasteiger partial charge on any atom is 0.154 e. The van der Waals surface area contributed by atoms with Crippen molar-refractivity contribution in [1.82, 2.24) is 34.5 Å². The lowest BCUT2D eigenvalue weighted by molar-refractivity contribution is 0.461. The number of piperidine rings is 1. The molecule has 1 fully saturated rings. The third-order valence-electron chi connectivity index (χ3n) is 4.89. The van der Waals surface area contributed by atoms with Gasteiger partial charge in [-0.25, -0.2) is 9.97 Å². The highest BCUT2D eigenvalue weighted by atomic mass is 15.3. The summed E-state index contributed by atoms with van der Waals surface area (Å²) >= 11 is 0. The van der Waals surface area contributed by atoms with Gasteiger partial charge in [-0.2, -0.15) is 5.10 Å². The SMILES string of the molecule is CCn1c(Cn2cccn2)nnc1C1CCN(c2cc(N)ncn2)CC1. The molecule has 4 rings (SSSR count). The first-order valence-corrected chi connectivity index (χ1v) is 8.96. The van der Waals surface area contributed by atoms with Crippen molar-refractivity contribution in [3.63, 3.8) is 0 Å². The average Bonchev–Trinajstić information content (AvgIpc) is 3.32. The van der Waals surface area contributed by atoms with E-state index in [-0.39, 0.29) is 0 Å². The van der Waals surface area contributed by atoms with Crippen molar-refractivity contribution in [1.29, 1.82) is 0 Å². The zero-order valence-electron chi connectivity index (χ0n) is 14.9. The second-order valence-corrected chi connectivity index (χ2v) is 6.48. The van der Waals surface area contributed by atoms with Gasteiger partial charge in [0.1, 0.15) is 30.3 Å². The molecule has 3 aromatic rings. The Morgan fingerprint density at radius 3 is 2.73 bits per heavy atom. The number of hydrogen-bond donors (Lipinski definition) is 1. The summed E-state index contributed by atoms with van der Waals surface area (Å²) in [6, 6.07) is 3.75. The molecule has 3 aromatic heterocycles. The Morgan fingerprint density at radius 1 is 1.19 bits per heavy atom. The Morgan fingerprint density at radius 2 is 2.04 bits per heavy atom. The molecule has 1 aliphatic heterocycles. The molecule has 0 saturated carbocycles. The Hall–Kier alpha value is -2.97. The van der Waals surface area contributed by atoms with Gasteiger partial charge in [0.15, 0.2) is 5.82 Å². The highest BCUT2D eigenvalue weighted by molar-refractivity contribution is 5.46. The molecular formula is C17H23N9. The lowest BCUT2D eigenvalue weighted by Gasteiger charge is -2.32. The van der Waals surface area contributed by atoms with Crippen LogP contribution in [-0.4, -0.2) is 47.6 Å². The van der Waals surface area contributed by atoms with Gasteiger partial charge in [0.25, 0.3) is 0 Å². The van der Waals surface area contributed by atoms with Crippen LogP contribution in [0.5, 0.6) is 0 Å². The fourth-order valence-electron chi connectivity index (χ4n) is 3.55. The minimum absolute atomic E-state index is 0.407. The monoisotopic (exact) mass is 353 g/mol. The highest BCUT2D eigenvalue weighted by Crippen LogP contribution is 2.29. The van der Waals surface area contributed by atoms with E-state index >= 15 is 0 Å². The molecule has 0 aliphatic carbocycles. The molecule has 0 amide bonds. The highest BCUT2D eigenvalue weighted by Gasteiger charge is 2.26. The van der Waals surface area contributed by atoms with Crippen molar-refractivity contribution >= 4 is 11.6 Å². The number of nitrogen functional groups attached to an aromatic ring is 1. The van der Waals surface area contributed by atoms with Gasteiger partial charge in [-0.1, -0.05) is 0 Å². The Kier molecular flexibility index (Phi) is 4.51. The molecule has 9 nitrogen and oxygen atoms in total. The van der Waals surface area contributed by atoms with Crippen LogP contribution in [0, 0.1) is 0 Å². The van der Waals surface area contributed by atoms with Crippen molar-refractivity contribution in [3.8, 4) is 0 Å².